The summed E-state index contributed by atoms with van der Waals surface area (Å²) in [5, 5.41) is 4.94. The van der Waals surface area contributed by atoms with Crippen LogP contribution in [-0.4, -0.2) is 125 Å². The molecule has 348 valence electrons. The molecule has 1 aromatic heterocycles. The molecule has 17 atom stereocenters. The summed E-state index contributed by atoms with van der Waals surface area (Å²) in [7, 11) is 9.13. The van der Waals surface area contributed by atoms with E-state index in [2.05, 4.69) is 44.2 Å². The summed E-state index contributed by atoms with van der Waals surface area (Å²) in [6.45, 7) is 8.14. The minimum Gasteiger partial charge on any atom is -0.462 e. The molecule has 0 amide bonds. The van der Waals surface area contributed by atoms with Crippen LogP contribution in [0.3, 0.4) is 0 Å². The van der Waals surface area contributed by atoms with E-state index < -0.39 is 30.5 Å². The van der Waals surface area contributed by atoms with Crippen molar-refractivity contribution in [2.75, 3.05) is 40.7 Å². The van der Waals surface area contributed by atoms with Gasteiger partial charge in [0.2, 0.25) is 0 Å². The second kappa shape index (κ2) is 20.2. The van der Waals surface area contributed by atoms with Crippen molar-refractivity contribution in [1.82, 2.24) is 9.88 Å². The number of halogens is 1. The lowest BCUT2D eigenvalue weighted by atomic mass is 9.67. The molecule has 8 rings (SSSR count). The number of nitrogens with zero attached hydrogens (tertiary/aromatic N) is 2. The van der Waals surface area contributed by atoms with Crippen LogP contribution in [0.1, 0.15) is 108 Å². The molecule has 2 aromatic rings. The number of hydrogen-bond donors (Lipinski definition) is 1. The monoisotopic (exact) mass is 913 g/mol. The molecule has 0 radical (unpaired) electrons. The Kier molecular flexibility index (Phi) is 15.0. The molecule has 3 aliphatic carbocycles. The Hall–Kier alpha value is -2.50. The van der Waals surface area contributed by atoms with Crippen molar-refractivity contribution in [3.8, 4) is 0 Å². The number of nitrogens with one attached hydrogen (secondary N) is 1. The third kappa shape index (κ3) is 9.69. The third-order valence-electron chi connectivity index (χ3n) is 15.0. The van der Waals surface area contributed by atoms with Crippen molar-refractivity contribution in [1.29, 1.82) is 0 Å². The van der Waals surface area contributed by atoms with Gasteiger partial charge in [0.25, 0.3) is 0 Å². The summed E-state index contributed by atoms with van der Waals surface area (Å²) in [6.07, 6.45) is 5.03. The van der Waals surface area contributed by atoms with Gasteiger partial charge in [-0.2, -0.15) is 0 Å². The maximum Gasteiger partial charge on any atom is 0.306 e. The summed E-state index contributed by atoms with van der Waals surface area (Å²) >= 11 is 7.90. The molecule has 4 fully saturated rings. The van der Waals surface area contributed by atoms with Crippen molar-refractivity contribution < 1.29 is 47.5 Å². The Labute approximate surface area is 382 Å². The molecular weight excluding hydrogens is 846 g/mol. The molecule has 4 heterocycles. The standard InChI is InChI=1S/C48H68ClN3O10S/c1-10-29-12-11-13-37(62-39-19-18-36(52(5)6)25(3)58-39)24(2)42(54)34-22-32-31-20-30(61-47-45(57-9)44(56-8)43(55-7)26(4)59-47)21-35(31)46-41(40(32)33(34)23-38(53)60-29)51-48(63-46)50-28-16-14-27(49)15-17-28/h14-17,22,24-26,29-33,35-37,39-40,43-45,47H,10-13,18-21,23H2,1-9H3,(H,50,51)/t24-,25?,26?,29+,30+,31+,32+,33-,35?,36+,37+,39+,40?,43+,44?,45+,47+/m1/s1. The van der Waals surface area contributed by atoms with E-state index in [0.29, 0.717) is 35.9 Å². The molecule has 1 saturated carbocycles. The van der Waals surface area contributed by atoms with Crippen LogP contribution in [0.25, 0.3) is 0 Å². The van der Waals surface area contributed by atoms with Crippen molar-refractivity contribution >= 4 is 45.5 Å². The van der Waals surface area contributed by atoms with Gasteiger partial charge < -0.3 is 48.1 Å². The second-order valence-corrected chi connectivity index (χ2v) is 20.4. The first-order valence-corrected chi connectivity index (χ1v) is 24.4. The van der Waals surface area contributed by atoms with Gasteiger partial charge in [-0.15, -0.1) is 11.3 Å². The fraction of sp³-hybridized carbons (Fsp3) is 0.729. The number of Topliss-reactive ketones (excluding diaryl/α,β-unsaturated/α-hetero) is 1. The largest absolute Gasteiger partial charge is 0.462 e. The van der Waals surface area contributed by atoms with Crippen LogP contribution in [0.4, 0.5) is 10.8 Å². The fourth-order valence-electron chi connectivity index (χ4n) is 11.8. The molecule has 6 aliphatic rings. The minimum absolute atomic E-state index is 0.000570. The number of rotatable bonds is 11. The van der Waals surface area contributed by atoms with Crippen molar-refractivity contribution in [3.63, 3.8) is 0 Å². The number of thiazole rings is 1. The van der Waals surface area contributed by atoms with Gasteiger partial charge in [-0.1, -0.05) is 31.5 Å². The highest BCUT2D eigenvalue weighted by Crippen LogP contribution is 2.63. The zero-order valence-electron chi connectivity index (χ0n) is 38.3. The lowest BCUT2D eigenvalue weighted by Crippen LogP contribution is -2.59. The molecule has 5 unspecified atom stereocenters. The molecule has 13 nitrogen and oxygen atoms in total. The maximum atomic E-state index is 15.2. The SMILES string of the molecule is CC[C@H]1CCC[C@H](O[C@H]2CC[C@H](N(C)C)C(C)O2)[C@@H](C)C(=O)C2=C[C@@H]3C(c4nc(Nc5ccc(Cl)cc5)sc4C4C[C@@H](O[C@@H]5OC(C)[C@H](OC)C(OC)[C@@H]5OC)C[C@H]43)[C@@H]2CC(=O)O1. The molecule has 3 saturated heterocycles. The molecular formula is C48H68ClN3O10S. The number of esters is 1. The van der Waals surface area contributed by atoms with E-state index in [4.69, 9.17) is 54.5 Å². The van der Waals surface area contributed by atoms with Gasteiger partial charge in [-0.3, -0.25) is 9.59 Å². The second-order valence-electron chi connectivity index (χ2n) is 18.9. The Morgan fingerprint density at radius 3 is 2.32 bits per heavy atom. The highest BCUT2D eigenvalue weighted by atomic mass is 35.5. The van der Waals surface area contributed by atoms with Gasteiger partial charge in [0.05, 0.1) is 36.5 Å². The number of benzene rings is 1. The Bertz CT molecular complexity index is 1930. The zero-order chi connectivity index (χ0) is 44.7. The summed E-state index contributed by atoms with van der Waals surface area (Å²) in [4.78, 5) is 38.0. The highest BCUT2D eigenvalue weighted by Gasteiger charge is 2.57. The normalized spacial score (nSPS) is 39.6. The van der Waals surface area contributed by atoms with E-state index >= 15 is 4.79 Å². The Morgan fingerprint density at radius 2 is 1.63 bits per heavy atom. The predicted molar refractivity (Wildman–Crippen MR) is 240 cm³/mol. The zero-order valence-corrected chi connectivity index (χ0v) is 39.9. The van der Waals surface area contributed by atoms with Gasteiger partial charge in [0.1, 0.15) is 24.4 Å². The van der Waals surface area contributed by atoms with Crippen LogP contribution in [0.5, 0.6) is 0 Å². The van der Waals surface area contributed by atoms with E-state index in [1.54, 1.807) is 32.7 Å². The molecule has 3 aliphatic heterocycles. The first-order chi connectivity index (χ1) is 30.3. The summed E-state index contributed by atoms with van der Waals surface area (Å²) in [6, 6.07) is 7.89. The molecule has 15 heteroatoms. The third-order valence-corrected chi connectivity index (χ3v) is 16.4. The number of fused-ring (bicyclic) bond motifs is 8. The lowest BCUT2D eigenvalue weighted by Gasteiger charge is -2.44. The average molecular weight is 915 g/mol. The molecule has 0 spiro atoms. The number of hydrogen-bond acceptors (Lipinski definition) is 14. The minimum atomic E-state index is -0.673. The van der Waals surface area contributed by atoms with E-state index in [1.165, 1.54) is 4.88 Å². The van der Waals surface area contributed by atoms with Crippen LogP contribution >= 0.6 is 22.9 Å². The topological polar surface area (TPSA) is 136 Å². The summed E-state index contributed by atoms with van der Waals surface area (Å²) in [5.74, 6) is -1.15. The van der Waals surface area contributed by atoms with E-state index in [1.807, 2.05) is 38.1 Å². The van der Waals surface area contributed by atoms with Crippen molar-refractivity contribution in [2.45, 2.75) is 165 Å². The number of ether oxygens (including phenoxy) is 8. The number of anilines is 2. The van der Waals surface area contributed by atoms with E-state index in [9.17, 15) is 4.79 Å². The van der Waals surface area contributed by atoms with Gasteiger partial charge in [0, 0.05) is 66.6 Å². The molecule has 1 N–H and O–H groups in total. The van der Waals surface area contributed by atoms with E-state index in [0.717, 1.165) is 48.6 Å². The summed E-state index contributed by atoms with van der Waals surface area (Å²) < 4.78 is 50.5. The van der Waals surface area contributed by atoms with Gasteiger partial charge >= 0.3 is 5.97 Å². The van der Waals surface area contributed by atoms with Gasteiger partial charge in [-0.25, -0.2) is 4.98 Å². The number of carbonyl (C=O) groups is 2. The van der Waals surface area contributed by atoms with Gasteiger partial charge in [0.15, 0.2) is 23.5 Å². The fourth-order valence-corrected chi connectivity index (χ4v) is 13.1. The van der Waals surface area contributed by atoms with E-state index in [-0.39, 0.29) is 84.6 Å². The lowest BCUT2D eigenvalue weighted by molar-refractivity contribution is -0.314. The first kappa shape index (κ1) is 47.0. The number of cyclic esters (lactones) is 1. The van der Waals surface area contributed by atoms with Crippen LogP contribution in [0.2, 0.25) is 5.02 Å². The predicted octanol–water partition coefficient (Wildman–Crippen LogP) is 8.42. The smallest absolute Gasteiger partial charge is 0.306 e. The number of aromatic nitrogens is 1. The number of methoxy groups -OCH3 is 3. The number of likely N-dealkylation sites (N-methyl/N-ethyl adjacent to an activating group) is 1. The van der Waals surface area contributed by atoms with Crippen LogP contribution in [0.15, 0.2) is 35.9 Å². The first-order valence-electron chi connectivity index (χ1n) is 23.2. The van der Waals surface area contributed by atoms with Gasteiger partial charge in [-0.05, 0) is 121 Å². The van der Waals surface area contributed by atoms with Crippen LogP contribution in [-0.2, 0) is 47.5 Å². The number of carbonyl (C=O) groups excluding carboxylic acids is 2. The maximum absolute atomic E-state index is 15.2. The van der Waals surface area contributed by atoms with Crippen LogP contribution in [0, 0.1) is 23.7 Å². The molecule has 0 bridgehead atoms. The Morgan fingerprint density at radius 1 is 0.889 bits per heavy atom. The number of allylic oxidation sites excluding steroid dienone is 2. The van der Waals surface area contributed by atoms with Crippen molar-refractivity contribution in [3.05, 3.63) is 51.5 Å². The number of ketones is 1. The summed E-state index contributed by atoms with van der Waals surface area (Å²) in [5.41, 5.74) is 2.51. The average Bonchev–Trinajstić information content (AvgIpc) is 3.98. The molecule has 1 aromatic carbocycles. The highest BCUT2D eigenvalue weighted by molar-refractivity contribution is 7.15. The van der Waals surface area contributed by atoms with Crippen molar-refractivity contribution in [2.24, 2.45) is 23.7 Å². The Balaban J connectivity index is 1.13. The van der Waals surface area contributed by atoms with Crippen LogP contribution < -0.4 is 5.32 Å². The molecule has 63 heavy (non-hydrogen) atoms. The quantitative estimate of drug-likeness (QED) is 0.216.